The van der Waals surface area contributed by atoms with Crippen molar-refractivity contribution in [3.05, 3.63) is 0 Å². The number of hydrogen-bond acceptors (Lipinski definition) is 6. The molecule has 2 amide bonds. The average Bonchev–Trinajstić information content (AvgIpc) is 2.30. The molecule has 0 saturated heterocycles. The van der Waals surface area contributed by atoms with E-state index in [0.717, 1.165) is 0 Å². The first-order valence-corrected chi connectivity index (χ1v) is 6.24. The fraction of sp³-hybridized carbons (Fsp3) is 0.750. The quantitative estimate of drug-likeness (QED) is 0.415. The molecule has 2 atom stereocenters. The Bertz CT molecular complexity index is 365. The van der Waals surface area contributed by atoms with Crippen LogP contribution in [0.5, 0.6) is 0 Å². The van der Waals surface area contributed by atoms with Gasteiger partial charge in [-0.05, 0) is 27.2 Å². The van der Waals surface area contributed by atoms with Crippen molar-refractivity contribution in [2.24, 2.45) is 11.5 Å². The van der Waals surface area contributed by atoms with E-state index in [1.807, 2.05) is 0 Å². The monoisotopic (exact) mass is 289 g/mol. The SMILES string of the molecule is CC(C)(C)OC(=O)CC[C@@H](NC(=O)[C@@H](N)CO)C(N)=O. The molecule has 8 nitrogen and oxygen atoms in total. The molecule has 0 spiro atoms. The van der Waals surface area contributed by atoms with Gasteiger partial charge in [0.1, 0.15) is 17.7 Å². The molecule has 0 bridgehead atoms. The number of hydrogen-bond donors (Lipinski definition) is 4. The normalized spacial score (nSPS) is 14.2. The van der Waals surface area contributed by atoms with E-state index in [1.54, 1.807) is 20.8 Å². The van der Waals surface area contributed by atoms with Gasteiger partial charge in [-0.2, -0.15) is 0 Å². The van der Waals surface area contributed by atoms with E-state index < -0.39 is 42.1 Å². The van der Waals surface area contributed by atoms with Gasteiger partial charge in [0.15, 0.2) is 0 Å². The fourth-order valence-electron chi connectivity index (χ4n) is 1.30. The number of ether oxygens (including phenoxy) is 1. The molecule has 0 aliphatic heterocycles. The standard InChI is InChI=1S/C12H23N3O5/c1-12(2,3)20-9(17)5-4-8(10(14)18)15-11(19)7(13)6-16/h7-8,16H,4-6,13H2,1-3H3,(H2,14,18)(H,15,19)/t7-,8+/m0/s1. The maximum absolute atomic E-state index is 11.5. The van der Waals surface area contributed by atoms with Gasteiger partial charge in [0, 0.05) is 6.42 Å². The first-order valence-electron chi connectivity index (χ1n) is 6.24. The molecule has 116 valence electrons. The number of amides is 2. The zero-order valence-electron chi connectivity index (χ0n) is 12.0. The second-order valence-electron chi connectivity index (χ2n) is 5.38. The predicted octanol–water partition coefficient (Wildman–Crippen LogP) is -1.60. The molecule has 0 aromatic rings. The van der Waals surface area contributed by atoms with Gasteiger partial charge in [-0.15, -0.1) is 0 Å². The van der Waals surface area contributed by atoms with E-state index >= 15 is 0 Å². The summed E-state index contributed by atoms with van der Waals surface area (Å²) in [7, 11) is 0. The number of aliphatic hydroxyl groups is 1. The molecule has 0 aromatic heterocycles. The summed E-state index contributed by atoms with van der Waals surface area (Å²) >= 11 is 0. The summed E-state index contributed by atoms with van der Waals surface area (Å²) < 4.78 is 5.07. The van der Waals surface area contributed by atoms with Crippen LogP contribution in [0.1, 0.15) is 33.6 Å². The molecule has 0 aliphatic rings. The van der Waals surface area contributed by atoms with E-state index in [-0.39, 0.29) is 12.8 Å². The number of nitrogens with one attached hydrogen (secondary N) is 1. The van der Waals surface area contributed by atoms with Crippen molar-refractivity contribution in [1.29, 1.82) is 0 Å². The molecule has 6 N–H and O–H groups in total. The Morgan fingerprint density at radius 3 is 2.25 bits per heavy atom. The molecule has 0 radical (unpaired) electrons. The van der Waals surface area contributed by atoms with Crippen LogP contribution in [0.25, 0.3) is 0 Å². The summed E-state index contributed by atoms with van der Waals surface area (Å²) in [6.45, 7) is 4.61. The number of aliphatic hydroxyl groups excluding tert-OH is 1. The summed E-state index contributed by atoms with van der Waals surface area (Å²) in [5.74, 6) is -1.99. The Labute approximate surface area is 117 Å². The van der Waals surface area contributed by atoms with Crippen molar-refractivity contribution in [2.75, 3.05) is 6.61 Å². The molecule has 0 aromatic carbocycles. The number of carbonyl (C=O) groups excluding carboxylic acids is 3. The second-order valence-corrected chi connectivity index (χ2v) is 5.38. The highest BCUT2D eigenvalue weighted by molar-refractivity contribution is 5.89. The van der Waals surface area contributed by atoms with Crippen LogP contribution in [0.3, 0.4) is 0 Å². The van der Waals surface area contributed by atoms with Crippen molar-refractivity contribution in [3.8, 4) is 0 Å². The Morgan fingerprint density at radius 2 is 1.85 bits per heavy atom. The van der Waals surface area contributed by atoms with E-state index in [1.165, 1.54) is 0 Å². The van der Waals surface area contributed by atoms with Crippen LogP contribution < -0.4 is 16.8 Å². The molecule has 0 unspecified atom stereocenters. The number of nitrogens with two attached hydrogens (primary N) is 2. The zero-order chi connectivity index (χ0) is 15.9. The maximum atomic E-state index is 11.5. The topological polar surface area (TPSA) is 145 Å². The van der Waals surface area contributed by atoms with Crippen molar-refractivity contribution < 1.29 is 24.2 Å². The number of esters is 1. The highest BCUT2D eigenvalue weighted by Crippen LogP contribution is 2.10. The summed E-state index contributed by atoms with van der Waals surface area (Å²) in [5.41, 5.74) is 9.81. The molecule has 0 saturated carbocycles. The van der Waals surface area contributed by atoms with Crippen molar-refractivity contribution >= 4 is 17.8 Å². The lowest BCUT2D eigenvalue weighted by Gasteiger charge is -2.21. The van der Waals surface area contributed by atoms with Gasteiger partial charge in [0.05, 0.1) is 6.61 Å². The van der Waals surface area contributed by atoms with Crippen molar-refractivity contribution in [1.82, 2.24) is 5.32 Å². The largest absolute Gasteiger partial charge is 0.460 e. The van der Waals surface area contributed by atoms with Gasteiger partial charge < -0.3 is 26.6 Å². The molecular formula is C12H23N3O5. The van der Waals surface area contributed by atoms with E-state index in [2.05, 4.69) is 5.32 Å². The second kappa shape index (κ2) is 7.81. The van der Waals surface area contributed by atoms with E-state index in [9.17, 15) is 14.4 Å². The average molecular weight is 289 g/mol. The van der Waals surface area contributed by atoms with E-state index in [0.29, 0.717) is 0 Å². The number of rotatable bonds is 7. The first kappa shape index (κ1) is 18.3. The van der Waals surface area contributed by atoms with Crippen LogP contribution in [0.4, 0.5) is 0 Å². The fourth-order valence-corrected chi connectivity index (χ4v) is 1.30. The van der Waals surface area contributed by atoms with E-state index in [4.69, 9.17) is 21.3 Å². The summed E-state index contributed by atoms with van der Waals surface area (Å²) in [5, 5.41) is 11.0. The minimum atomic E-state index is -1.14. The van der Waals surface area contributed by atoms with Crippen molar-refractivity contribution in [3.63, 3.8) is 0 Å². The van der Waals surface area contributed by atoms with Crippen LogP contribution in [0.2, 0.25) is 0 Å². The van der Waals surface area contributed by atoms with Gasteiger partial charge >= 0.3 is 5.97 Å². The van der Waals surface area contributed by atoms with Gasteiger partial charge in [0.2, 0.25) is 11.8 Å². The van der Waals surface area contributed by atoms with Crippen LogP contribution >= 0.6 is 0 Å². The Morgan fingerprint density at radius 1 is 1.30 bits per heavy atom. The third-order valence-corrected chi connectivity index (χ3v) is 2.25. The molecule has 8 heteroatoms. The lowest BCUT2D eigenvalue weighted by Crippen LogP contribution is -2.51. The smallest absolute Gasteiger partial charge is 0.306 e. The Balaban J connectivity index is 4.40. The molecule has 0 rings (SSSR count). The minimum absolute atomic E-state index is 0.00807. The molecule has 20 heavy (non-hydrogen) atoms. The van der Waals surface area contributed by atoms with Gasteiger partial charge in [0.25, 0.3) is 0 Å². The van der Waals surface area contributed by atoms with Crippen LogP contribution in [0, 0.1) is 0 Å². The summed E-state index contributed by atoms with van der Waals surface area (Å²) in [4.78, 5) is 34.1. The zero-order valence-corrected chi connectivity index (χ0v) is 12.0. The lowest BCUT2D eigenvalue weighted by atomic mass is 10.1. The predicted molar refractivity (Wildman–Crippen MR) is 71.3 cm³/mol. The van der Waals surface area contributed by atoms with Crippen LogP contribution in [-0.4, -0.2) is 47.2 Å². The highest BCUT2D eigenvalue weighted by atomic mass is 16.6. The summed E-state index contributed by atoms with van der Waals surface area (Å²) in [6.07, 6.45) is -0.0619. The molecule has 0 aliphatic carbocycles. The minimum Gasteiger partial charge on any atom is -0.460 e. The third-order valence-electron chi connectivity index (χ3n) is 2.25. The maximum Gasteiger partial charge on any atom is 0.306 e. The molecule has 0 fully saturated rings. The Hall–Kier alpha value is -1.67. The summed E-state index contributed by atoms with van der Waals surface area (Å²) in [6, 6.07) is -2.18. The third kappa shape index (κ3) is 7.70. The first-order chi connectivity index (χ1) is 9.06. The number of carbonyl (C=O) groups is 3. The van der Waals surface area contributed by atoms with Gasteiger partial charge in [-0.3, -0.25) is 14.4 Å². The lowest BCUT2D eigenvalue weighted by molar-refractivity contribution is -0.155. The Kier molecular flexibility index (Phi) is 7.16. The molecule has 0 heterocycles. The number of primary amides is 1. The van der Waals surface area contributed by atoms with Gasteiger partial charge in [-0.1, -0.05) is 0 Å². The van der Waals surface area contributed by atoms with Crippen LogP contribution in [-0.2, 0) is 19.1 Å². The van der Waals surface area contributed by atoms with Crippen LogP contribution in [0.15, 0.2) is 0 Å². The van der Waals surface area contributed by atoms with Gasteiger partial charge in [-0.25, -0.2) is 0 Å². The highest BCUT2D eigenvalue weighted by Gasteiger charge is 2.23. The molecular weight excluding hydrogens is 266 g/mol. The van der Waals surface area contributed by atoms with Crippen molar-refractivity contribution in [2.45, 2.75) is 51.3 Å².